The van der Waals surface area contributed by atoms with Gasteiger partial charge in [0, 0.05) is 35.0 Å². The zero-order valence-corrected chi connectivity index (χ0v) is 15.3. The normalized spacial score (nSPS) is 15.1. The maximum atomic E-state index is 4.60. The number of fused-ring (bicyclic) bond motifs is 2. The van der Waals surface area contributed by atoms with Gasteiger partial charge in [-0.05, 0) is 42.2 Å². The molecule has 4 nitrogen and oxygen atoms in total. The Hall–Kier alpha value is -3.53. The summed E-state index contributed by atoms with van der Waals surface area (Å²) in [6, 6.07) is 21.1. The van der Waals surface area contributed by atoms with Crippen molar-refractivity contribution in [1.82, 2.24) is 19.4 Å². The fourth-order valence-corrected chi connectivity index (χ4v) is 4.20. The van der Waals surface area contributed by atoms with E-state index in [0.29, 0.717) is 0 Å². The first-order valence-corrected chi connectivity index (χ1v) is 9.58. The van der Waals surface area contributed by atoms with Crippen LogP contribution in [0.25, 0.3) is 27.8 Å². The third-order valence-electron chi connectivity index (χ3n) is 5.87. The van der Waals surface area contributed by atoms with Gasteiger partial charge in [0.05, 0.1) is 17.4 Å². The van der Waals surface area contributed by atoms with Crippen LogP contribution >= 0.6 is 0 Å². The molecule has 0 saturated heterocycles. The van der Waals surface area contributed by atoms with Gasteiger partial charge in [-0.25, -0.2) is 9.97 Å². The Kier molecular flexibility index (Phi) is 3.18. The summed E-state index contributed by atoms with van der Waals surface area (Å²) < 4.78 is 2.17. The van der Waals surface area contributed by atoms with E-state index in [9.17, 15) is 0 Å². The Morgan fingerprint density at radius 1 is 0.786 bits per heavy atom. The molecule has 3 heterocycles. The van der Waals surface area contributed by atoms with Gasteiger partial charge in [0.1, 0.15) is 0 Å². The first-order valence-electron chi connectivity index (χ1n) is 9.58. The van der Waals surface area contributed by atoms with E-state index in [0.717, 1.165) is 35.3 Å². The molecule has 2 aromatic carbocycles. The number of benzene rings is 2. The van der Waals surface area contributed by atoms with Crippen molar-refractivity contribution in [2.75, 3.05) is 0 Å². The highest BCUT2D eigenvalue weighted by molar-refractivity contribution is 5.79. The Morgan fingerprint density at radius 3 is 2.50 bits per heavy atom. The van der Waals surface area contributed by atoms with E-state index >= 15 is 0 Å². The number of rotatable bonds is 3. The molecule has 5 aromatic rings. The van der Waals surface area contributed by atoms with E-state index in [4.69, 9.17) is 0 Å². The largest absolute Gasteiger partial charge is 0.287 e. The van der Waals surface area contributed by atoms with Crippen LogP contribution in [0, 0.1) is 0 Å². The van der Waals surface area contributed by atoms with Crippen molar-refractivity contribution >= 4 is 16.7 Å². The van der Waals surface area contributed by atoms with Gasteiger partial charge in [0.15, 0.2) is 0 Å². The average molecular weight is 362 g/mol. The summed E-state index contributed by atoms with van der Waals surface area (Å²) in [5, 5.41) is 1.18. The maximum Gasteiger partial charge on any atom is 0.233 e. The van der Waals surface area contributed by atoms with Crippen LogP contribution in [0.2, 0.25) is 0 Å². The van der Waals surface area contributed by atoms with Crippen LogP contribution in [0.3, 0.4) is 0 Å². The summed E-state index contributed by atoms with van der Waals surface area (Å²) in [6.45, 7) is 0. The van der Waals surface area contributed by atoms with Crippen LogP contribution < -0.4 is 0 Å². The molecule has 0 spiro atoms. The van der Waals surface area contributed by atoms with E-state index in [1.165, 1.54) is 16.6 Å². The molecule has 0 bridgehead atoms. The monoisotopic (exact) mass is 362 g/mol. The molecule has 0 radical (unpaired) electrons. The van der Waals surface area contributed by atoms with E-state index in [1.807, 2.05) is 30.7 Å². The standard InChI is InChI=1S/C24H18N4/c1-2-5-17(6-3-1)19-14-26-23-27-15-22(28(23)16-19)24(10-11-24)20-8-9-21-18(13-20)7-4-12-25-21/h1-9,12-16H,10-11H2. The highest BCUT2D eigenvalue weighted by Crippen LogP contribution is 2.53. The number of hydrogen-bond donors (Lipinski definition) is 0. The minimum atomic E-state index is 0.0143. The predicted molar refractivity (Wildman–Crippen MR) is 110 cm³/mol. The van der Waals surface area contributed by atoms with Gasteiger partial charge in [-0.3, -0.25) is 9.38 Å². The number of nitrogens with zero attached hydrogens (tertiary/aromatic N) is 4. The first-order chi connectivity index (χ1) is 13.8. The molecule has 0 atom stereocenters. The minimum Gasteiger partial charge on any atom is -0.287 e. The Balaban J connectivity index is 1.51. The smallest absolute Gasteiger partial charge is 0.233 e. The number of aromatic nitrogens is 4. The Morgan fingerprint density at radius 2 is 1.64 bits per heavy atom. The second-order valence-electron chi connectivity index (χ2n) is 7.52. The number of pyridine rings is 1. The molecule has 134 valence electrons. The number of imidazole rings is 1. The lowest BCUT2D eigenvalue weighted by Gasteiger charge is -2.16. The summed E-state index contributed by atoms with van der Waals surface area (Å²) in [4.78, 5) is 13.6. The Bertz CT molecular complexity index is 1320. The van der Waals surface area contributed by atoms with Crippen LogP contribution in [-0.4, -0.2) is 19.4 Å². The molecule has 6 rings (SSSR count). The predicted octanol–water partition coefficient (Wildman–Crippen LogP) is 5.02. The van der Waals surface area contributed by atoms with E-state index in [2.05, 4.69) is 74.1 Å². The highest BCUT2D eigenvalue weighted by atomic mass is 15.1. The van der Waals surface area contributed by atoms with Gasteiger partial charge in [0.25, 0.3) is 0 Å². The van der Waals surface area contributed by atoms with E-state index in [-0.39, 0.29) is 5.41 Å². The van der Waals surface area contributed by atoms with Crippen LogP contribution in [-0.2, 0) is 5.41 Å². The summed E-state index contributed by atoms with van der Waals surface area (Å²) in [6.07, 6.45) is 10.2. The van der Waals surface area contributed by atoms with Crippen molar-refractivity contribution in [3.63, 3.8) is 0 Å². The quantitative estimate of drug-likeness (QED) is 0.452. The lowest BCUT2D eigenvalue weighted by molar-refractivity contribution is 0.788. The van der Waals surface area contributed by atoms with Gasteiger partial charge < -0.3 is 0 Å². The SMILES string of the molecule is c1ccc(-c2cnc3ncc(C4(c5ccc6ncccc6c5)CC4)n3c2)cc1. The van der Waals surface area contributed by atoms with Crippen LogP contribution in [0.15, 0.2) is 85.5 Å². The lowest BCUT2D eigenvalue weighted by Crippen LogP contribution is -2.12. The van der Waals surface area contributed by atoms with Crippen molar-refractivity contribution in [2.24, 2.45) is 0 Å². The van der Waals surface area contributed by atoms with Crippen molar-refractivity contribution in [3.8, 4) is 11.1 Å². The molecule has 28 heavy (non-hydrogen) atoms. The van der Waals surface area contributed by atoms with E-state index in [1.54, 1.807) is 0 Å². The molecule has 1 aliphatic carbocycles. The van der Waals surface area contributed by atoms with Crippen molar-refractivity contribution < 1.29 is 0 Å². The molecule has 1 saturated carbocycles. The van der Waals surface area contributed by atoms with Crippen LogP contribution in [0.5, 0.6) is 0 Å². The van der Waals surface area contributed by atoms with Crippen LogP contribution in [0.1, 0.15) is 24.1 Å². The summed E-state index contributed by atoms with van der Waals surface area (Å²) in [5.74, 6) is 0.753. The molecule has 1 fully saturated rings. The molecule has 0 N–H and O–H groups in total. The molecule has 4 heteroatoms. The summed E-state index contributed by atoms with van der Waals surface area (Å²) in [5.41, 5.74) is 5.87. The topological polar surface area (TPSA) is 43.1 Å². The molecular weight excluding hydrogens is 344 g/mol. The second-order valence-corrected chi connectivity index (χ2v) is 7.52. The average Bonchev–Trinajstić information content (AvgIpc) is 3.46. The van der Waals surface area contributed by atoms with E-state index < -0.39 is 0 Å². The summed E-state index contributed by atoms with van der Waals surface area (Å²) in [7, 11) is 0. The highest BCUT2D eigenvalue weighted by Gasteiger charge is 2.48. The third-order valence-corrected chi connectivity index (χ3v) is 5.87. The first kappa shape index (κ1) is 15.5. The van der Waals surface area contributed by atoms with Crippen molar-refractivity contribution in [2.45, 2.75) is 18.3 Å². The molecule has 1 aliphatic rings. The van der Waals surface area contributed by atoms with Crippen LogP contribution in [0.4, 0.5) is 0 Å². The molecule has 0 aliphatic heterocycles. The maximum absolute atomic E-state index is 4.60. The van der Waals surface area contributed by atoms with Crippen molar-refractivity contribution in [3.05, 3.63) is 96.7 Å². The van der Waals surface area contributed by atoms with Gasteiger partial charge in [-0.1, -0.05) is 42.5 Å². The van der Waals surface area contributed by atoms with Gasteiger partial charge in [0.2, 0.25) is 5.78 Å². The zero-order valence-electron chi connectivity index (χ0n) is 15.3. The molecule has 0 amide bonds. The molecular formula is C24H18N4. The molecule has 0 unspecified atom stereocenters. The van der Waals surface area contributed by atoms with Gasteiger partial charge >= 0.3 is 0 Å². The minimum absolute atomic E-state index is 0.0143. The Labute approximate surface area is 162 Å². The third kappa shape index (κ3) is 2.28. The fraction of sp³-hybridized carbons (Fsp3) is 0.125. The van der Waals surface area contributed by atoms with Gasteiger partial charge in [-0.2, -0.15) is 0 Å². The second kappa shape index (κ2) is 5.73. The zero-order chi connectivity index (χ0) is 18.6. The summed E-state index contributed by atoms with van der Waals surface area (Å²) >= 11 is 0. The number of hydrogen-bond acceptors (Lipinski definition) is 3. The van der Waals surface area contributed by atoms with Gasteiger partial charge in [-0.15, -0.1) is 0 Å². The fourth-order valence-electron chi connectivity index (χ4n) is 4.20. The lowest BCUT2D eigenvalue weighted by atomic mass is 9.91. The van der Waals surface area contributed by atoms with Crippen molar-refractivity contribution in [1.29, 1.82) is 0 Å². The molecule has 3 aromatic heterocycles.